The van der Waals surface area contributed by atoms with Crippen molar-refractivity contribution in [1.29, 1.82) is 0 Å². The quantitative estimate of drug-likeness (QED) is 0.834. The Kier molecular flexibility index (Phi) is 6.09. The summed E-state index contributed by atoms with van der Waals surface area (Å²) in [7, 11) is 1.75. The molecule has 2 atom stereocenters. The van der Waals surface area contributed by atoms with Crippen LogP contribution in [0.1, 0.15) is 38.5 Å². The van der Waals surface area contributed by atoms with Crippen molar-refractivity contribution in [2.24, 2.45) is 0 Å². The highest BCUT2D eigenvalue weighted by atomic mass is 79.9. The van der Waals surface area contributed by atoms with Gasteiger partial charge in [0.1, 0.15) is 5.76 Å². The van der Waals surface area contributed by atoms with Crippen LogP contribution in [0.5, 0.6) is 0 Å². The molecule has 0 radical (unpaired) electrons. The van der Waals surface area contributed by atoms with Crippen LogP contribution in [-0.4, -0.2) is 19.8 Å². The van der Waals surface area contributed by atoms with Crippen molar-refractivity contribution >= 4 is 15.9 Å². The van der Waals surface area contributed by atoms with E-state index in [1.54, 1.807) is 13.4 Å². The van der Waals surface area contributed by atoms with Crippen LogP contribution in [0.3, 0.4) is 0 Å². The van der Waals surface area contributed by atoms with E-state index in [1.165, 1.54) is 0 Å². The molecule has 0 aliphatic rings. The summed E-state index contributed by atoms with van der Waals surface area (Å²) in [5.41, 5.74) is 0. The van der Waals surface area contributed by atoms with Gasteiger partial charge in [-0.15, -0.1) is 0 Å². The number of ether oxygens (including phenoxy) is 1. The zero-order valence-corrected chi connectivity index (χ0v) is 11.7. The lowest BCUT2D eigenvalue weighted by molar-refractivity contribution is 0.105. The molecule has 4 heteroatoms. The van der Waals surface area contributed by atoms with E-state index in [4.69, 9.17) is 9.15 Å². The van der Waals surface area contributed by atoms with Crippen molar-refractivity contribution in [1.82, 2.24) is 5.32 Å². The van der Waals surface area contributed by atoms with Gasteiger partial charge in [0, 0.05) is 7.11 Å². The molecule has 1 heterocycles. The van der Waals surface area contributed by atoms with Crippen molar-refractivity contribution in [3.05, 3.63) is 22.6 Å². The van der Waals surface area contributed by atoms with Crippen LogP contribution < -0.4 is 5.32 Å². The Bertz CT molecular complexity index is 301. The lowest BCUT2D eigenvalue weighted by Crippen LogP contribution is -2.22. The third-order valence-corrected chi connectivity index (χ3v) is 3.33. The lowest BCUT2D eigenvalue weighted by Gasteiger charge is -2.18. The monoisotopic (exact) mass is 289 g/mol. The molecule has 16 heavy (non-hydrogen) atoms. The largest absolute Gasteiger partial charge is 0.466 e. The highest BCUT2D eigenvalue weighted by molar-refractivity contribution is 9.10. The first kappa shape index (κ1) is 13.7. The van der Waals surface area contributed by atoms with Crippen molar-refractivity contribution in [2.45, 2.75) is 38.8 Å². The minimum atomic E-state index is 0.256. The van der Waals surface area contributed by atoms with Gasteiger partial charge in [-0.25, -0.2) is 0 Å². The zero-order chi connectivity index (χ0) is 12.0. The fourth-order valence-electron chi connectivity index (χ4n) is 1.65. The van der Waals surface area contributed by atoms with Crippen LogP contribution in [-0.2, 0) is 4.74 Å². The van der Waals surface area contributed by atoms with E-state index in [2.05, 4.69) is 35.1 Å². The maximum Gasteiger partial charge on any atom is 0.134 e. The molecule has 0 bridgehead atoms. The number of furan rings is 1. The highest BCUT2D eigenvalue weighted by Gasteiger charge is 2.17. The number of rotatable bonds is 7. The van der Waals surface area contributed by atoms with E-state index in [9.17, 15) is 0 Å². The van der Waals surface area contributed by atoms with Gasteiger partial charge in [-0.3, -0.25) is 0 Å². The maximum absolute atomic E-state index is 5.49. The summed E-state index contributed by atoms with van der Waals surface area (Å²) in [5, 5.41) is 3.43. The molecule has 1 aromatic heterocycles. The van der Waals surface area contributed by atoms with Crippen molar-refractivity contribution < 1.29 is 9.15 Å². The predicted molar refractivity (Wildman–Crippen MR) is 68.5 cm³/mol. The van der Waals surface area contributed by atoms with Crippen LogP contribution in [0.15, 0.2) is 21.2 Å². The van der Waals surface area contributed by atoms with E-state index >= 15 is 0 Å². The maximum atomic E-state index is 5.49. The average molecular weight is 290 g/mol. The summed E-state index contributed by atoms with van der Waals surface area (Å²) in [6, 6.07) is 2.19. The third kappa shape index (κ3) is 3.92. The Labute approximate surface area is 106 Å². The topological polar surface area (TPSA) is 34.4 Å². The predicted octanol–water partition coefficient (Wildman–Crippen LogP) is 3.51. The fraction of sp³-hybridized carbons (Fsp3) is 0.667. The molecule has 92 valence electrons. The Morgan fingerprint density at radius 1 is 1.50 bits per heavy atom. The molecule has 1 rings (SSSR count). The second-order valence-corrected chi connectivity index (χ2v) is 4.72. The number of hydrogen-bond acceptors (Lipinski definition) is 3. The van der Waals surface area contributed by atoms with E-state index in [1.807, 2.05) is 6.07 Å². The molecule has 0 amide bonds. The lowest BCUT2D eigenvalue weighted by atomic mass is 10.1. The van der Waals surface area contributed by atoms with Crippen LogP contribution >= 0.6 is 15.9 Å². The molecule has 1 N–H and O–H groups in total. The Hall–Kier alpha value is -0.320. The van der Waals surface area contributed by atoms with Gasteiger partial charge >= 0.3 is 0 Å². The van der Waals surface area contributed by atoms with Crippen LogP contribution in [0.4, 0.5) is 0 Å². The third-order valence-electron chi connectivity index (χ3n) is 2.68. The van der Waals surface area contributed by atoms with Gasteiger partial charge < -0.3 is 14.5 Å². The average Bonchev–Trinajstić information content (AvgIpc) is 2.70. The summed E-state index contributed by atoms with van der Waals surface area (Å²) in [5.74, 6) is 0.977. The SMILES string of the molecule is CCNC(CCC(C)OC)c1occc1Br. The Morgan fingerprint density at radius 2 is 2.25 bits per heavy atom. The fourth-order valence-corrected chi connectivity index (χ4v) is 2.12. The van der Waals surface area contributed by atoms with E-state index in [-0.39, 0.29) is 12.1 Å². The second-order valence-electron chi connectivity index (χ2n) is 3.87. The molecule has 0 aromatic carbocycles. The van der Waals surface area contributed by atoms with E-state index in [0.29, 0.717) is 0 Å². The van der Waals surface area contributed by atoms with Gasteiger partial charge in [0.2, 0.25) is 0 Å². The summed E-state index contributed by atoms with van der Waals surface area (Å²) in [6.45, 7) is 5.11. The molecule has 0 aliphatic heterocycles. The second kappa shape index (κ2) is 7.09. The molecular formula is C12H20BrNO2. The highest BCUT2D eigenvalue weighted by Crippen LogP contribution is 2.28. The van der Waals surface area contributed by atoms with Crippen LogP contribution in [0.2, 0.25) is 0 Å². The molecule has 0 spiro atoms. The summed E-state index contributed by atoms with van der Waals surface area (Å²) >= 11 is 3.50. The summed E-state index contributed by atoms with van der Waals surface area (Å²) in [6.07, 6.45) is 4.02. The van der Waals surface area contributed by atoms with E-state index < -0.39 is 0 Å². The molecule has 3 nitrogen and oxygen atoms in total. The zero-order valence-electron chi connectivity index (χ0n) is 10.1. The van der Waals surface area contributed by atoms with Crippen molar-refractivity contribution in [3.63, 3.8) is 0 Å². The normalized spacial score (nSPS) is 15.0. The van der Waals surface area contributed by atoms with Crippen molar-refractivity contribution in [2.75, 3.05) is 13.7 Å². The summed E-state index contributed by atoms with van der Waals surface area (Å²) < 4.78 is 11.8. The minimum absolute atomic E-state index is 0.256. The number of methoxy groups -OCH3 is 1. The van der Waals surface area contributed by atoms with Crippen LogP contribution in [0, 0.1) is 0 Å². The first-order chi connectivity index (χ1) is 7.69. The Balaban J connectivity index is 2.58. The van der Waals surface area contributed by atoms with Crippen LogP contribution in [0.25, 0.3) is 0 Å². The standard InChI is InChI=1S/C12H20BrNO2/c1-4-14-11(6-5-9(2)15-3)12-10(13)7-8-16-12/h7-9,11,14H,4-6H2,1-3H3. The molecule has 0 saturated heterocycles. The summed E-state index contributed by atoms with van der Waals surface area (Å²) in [4.78, 5) is 0. The number of hydrogen-bond donors (Lipinski definition) is 1. The first-order valence-electron chi connectivity index (χ1n) is 5.68. The Morgan fingerprint density at radius 3 is 2.75 bits per heavy atom. The van der Waals surface area contributed by atoms with Gasteiger partial charge in [-0.2, -0.15) is 0 Å². The number of nitrogens with one attached hydrogen (secondary N) is 1. The molecule has 0 fully saturated rings. The molecule has 2 unspecified atom stereocenters. The smallest absolute Gasteiger partial charge is 0.134 e. The first-order valence-corrected chi connectivity index (χ1v) is 6.47. The minimum Gasteiger partial charge on any atom is -0.466 e. The van der Waals surface area contributed by atoms with Gasteiger partial charge in [-0.05, 0) is 48.3 Å². The molecular weight excluding hydrogens is 270 g/mol. The molecule has 1 aromatic rings. The van der Waals surface area contributed by atoms with Crippen molar-refractivity contribution in [3.8, 4) is 0 Å². The van der Waals surface area contributed by atoms with Gasteiger partial charge in [0.05, 0.1) is 22.9 Å². The van der Waals surface area contributed by atoms with Gasteiger partial charge in [0.15, 0.2) is 0 Å². The van der Waals surface area contributed by atoms with Gasteiger partial charge in [0.25, 0.3) is 0 Å². The molecule has 0 saturated carbocycles. The van der Waals surface area contributed by atoms with Gasteiger partial charge in [-0.1, -0.05) is 6.92 Å². The molecule has 0 aliphatic carbocycles. The number of halogens is 1. The van der Waals surface area contributed by atoms with E-state index in [0.717, 1.165) is 29.6 Å².